The number of hydrogen-bond acceptors (Lipinski definition) is 4. The van der Waals surface area contributed by atoms with Crippen molar-refractivity contribution >= 4 is 17.2 Å². The van der Waals surface area contributed by atoms with Crippen molar-refractivity contribution in [3.05, 3.63) is 46.4 Å². The second-order valence-corrected chi connectivity index (χ2v) is 7.67. The van der Waals surface area contributed by atoms with Crippen LogP contribution in [-0.4, -0.2) is 28.4 Å². The first-order valence-electron chi connectivity index (χ1n) is 8.71. The van der Waals surface area contributed by atoms with Gasteiger partial charge in [0.15, 0.2) is 0 Å². The van der Waals surface area contributed by atoms with E-state index in [1.807, 2.05) is 17.0 Å². The molecule has 2 fully saturated rings. The molecule has 0 atom stereocenters. The van der Waals surface area contributed by atoms with Crippen LogP contribution in [0.25, 0.3) is 0 Å². The Labute approximate surface area is 146 Å². The number of benzene rings is 1. The monoisotopic (exact) mass is 342 g/mol. The molecule has 0 spiro atoms. The van der Waals surface area contributed by atoms with Gasteiger partial charge in [0.25, 0.3) is 5.91 Å². The van der Waals surface area contributed by atoms with Gasteiger partial charge in [-0.15, -0.1) is 11.3 Å². The van der Waals surface area contributed by atoms with Gasteiger partial charge in [-0.1, -0.05) is 18.6 Å². The molecule has 4 rings (SSSR count). The van der Waals surface area contributed by atoms with E-state index in [9.17, 15) is 4.79 Å². The molecule has 2 aromatic rings. The summed E-state index contributed by atoms with van der Waals surface area (Å²) in [5, 5.41) is 0. The smallest absolute Gasteiger partial charge is 0.266 e. The van der Waals surface area contributed by atoms with Crippen molar-refractivity contribution in [3.63, 3.8) is 0 Å². The Morgan fingerprint density at radius 1 is 1.21 bits per heavy atom. The first-order valence-corrected chi connectivity index (χ1v) is 9.59. The largest absolute Gasteiger partial charge is 0.493 e. The van der Waals surface area contributed by atoms with E-state index in [0.717, 1.165) is 41.6 Å². The highest BCUT2D eigenvalue weighted by atomic mass is 32.1. The summed E-state index contributed by atoms with van der Waals surface area (Å²) >= 11 is 1.41. The van der Waals surface area contributed by atoms with Crippen LogP contribution in [0.1, 0.15) is 47.3 Å². The standard InChI is InChI=1S/C19H22N2O2S/c22-19(18-10-20-13-24-18)21(16-6-7-16)11-14-4-8-17(9-5-14)23-12-15-2-1-3-15/h4-5,8-10,13,15-16H,1-3,6-7,11-12H2. The topological polar surface area (TPSA) is 42.4 Å². The van der Waals surface area contributed by atoms with Crippen molar-refractivity contribution in [1.82, 2.24) is 9.88 Å². The summed E-state index contributed by atoms with van der Waals surface area (Å²) in [5.41, 5.74) is 2.86. The van der Waals surface area contributed by atoms with Gasteiger partial charge in [0.1, 0.15) is 10.6 Å². The van der Waals surface area contributed by atoms with E-state index in [2.05, 4.69) is 17.1 Å². The number of aromatic nitrogens is 1. The summed E-state index contributed by atoms with van der Waals surface area (Å²) < 4.78 is 5.85. The minimum absolute atomic E-state index is 0.102. The van der Waals surface area contributed by atoms with Crippen LogP contribution in [0.3, 0.4) is 0 Å². The maximum Gasteiger partial charge on any atom is 0.266 e. The van der Waals surface area contributed by atoms with Crippen LogP contribution in [0.2, 0.25) is 0 Å². The van der Waals surface area contributed by atoms with Crippen LogP contribution >= 0.6 is 11.3 Å². The van der Waals surface area contributed by atoms with Gasteiger partial charge in [-0.3, -0.25) is 9.78 Å². The third-order valence-corrected chi connectivity index (χ3v) is 5.64. The Morgan fingerprint density at radius 2 is 2.00 bits per heavy atom. The van der Waals surface area contributed by atoms with Crippen LogP contribution in [0.15, 0.2) is 36.0 Å². The Kier molecular flexibility index (Phi) is 4.52. The zero-order valence-electron chi connectivity index (χ0n) is 13.7. The molecule has 4 nitrogen and oxygen atoms in total. The number of hydrogen-bond donors (Lipinski definition) is 0. The number of nitrogens with zero attached hydrogens (tertiary/aromatic N) is 2. The molecular weight excluding hydrogens is 320 g/mol. The number of carbonyl (C=O) groups is 1. The third kappa shape index (κ3) is 3.61. The van der Waals surface area contributed by atoms with Crippen LogP contribution in [-0.2, 0) is 6.54 Å². The van der Waals surface area contributed by atoms with Crippen molar-refractivity contribution in [1.29, 1.82) is 0 Å². The lowest BCUT2D eigenvalue weighted by atomic mass is 9.86. The maximum absolute atomic E-state index is 12.6. The molecule has 1 aromatic carbocycles. The Balaban J connectivity index is 1.38. The fraction of sp³-hybridized carbons (Fsp3) is 0.474. The average Bonchev–Trinajstić information content (AvgIpc) is 3.25. The predicted octanol–water partition coefficient (Wildman–Crippen LogP) is 4.13. The Hall–Kier alpha value is -1.88. The molecule has 2 saturated carbocycles. The summed E-state index contributed by atoms with van der Waals surface area (Å²) in [7, 11) is 0. The van der Waals surface area contributed by atoms with Crippen molar-refractivity contribution in [2.24, 2.45) is 5.92 Å². The molecule has 2 aliphatic rings. The third-order valence-electron chi connectivity index (χ3n) is 4.88. The second kappa shape index (κ2) is 6.93. The summed E-state index contributed by atoms with van der Waals surface area (Å²) in [5.74, 6) is 1.77. The molecule has 0 radical (unpaired) electrons. The summed E-state index contributed by atoms with van der Waals surface area (Å²) in [4.78, 5) is 19.4. The van der Waals surface area contributed by atoms with Gasteiger partial charge in [0, 0.05) is 12.6 Å². The number of thiazole rings is 1. The van der Waals surface area contributed by atoms with Gasteiger partial charge in [0.2, 0.25) is 0 Å². The number of rotatable bonds is 7. The van der Waals surface area contributed by atoms with Gasteiger partial charge in [0.05, 0.1) is 18.3 Å². The highest BCUT2D eigenvalue weighted by Gasteiger charge is 2.33. The summed E-state index contributed by atoms with van der Waals surface area (Å²) in [6.07, 6.45) is 7.82. The van der Waals surface area contributed by atoms with E-state index in [1.54, 1.807) is 11.7 Å². The molecular formula is C19H22N2O2S. The van der Waals surface area contributed by atoms with Crippen molar-refractivity contribution in [2.45, 2.75) is 44.7 Å². The molecule has 5 heteroatoms. The molecule has 1 amide bonds. The van der Waals surface area contributed by atoms with Gasteiger partial charge in [-0.2, -0.15) is 0 Å². The SMILES string of the molecule is O=C(c1cncs1)N(Cc1ccc(OCC2CCC2)cc1)C1CC1. The van der Waals surface area contributed by atoms with Crippen LogP contribution < -0.4 is 4.74 Å². The van der Waals surface area contributed by atoms with Crippen molar-refractivity contribution in [3.8, 4) is 5.75 Å². The lowest BCUT2D eigenvalue weighted by Gasteiger charge is -2.25. The lowest BCUT2D eigenvalue weighted by molar-refractivity contribution is 0.0734. The number of ether oxygens (including phenoxy) is 1. The molecule has 24 heavy (non-hydrogen) atoms. The Bertz CT molecular complexity index is 676. The molecule has 0 unspecified atom stereocenters. The molecule has 1 aromatic heterocycles. The minimum Gasteiger partial charge on any atom is -0.493 e. The van der Waals surface area contributed by atoms with E-state index in [4.69, 9.17) is 4.74 Å². The van der Waals surface area contributed by atoms with E-state index in [1.165, 1.54) is 30.6 Å². The average molecular weight is 342 g/mol. The van der Waals surface area contributed by atoms with Crippen molar-refractivity contribution < 1.29 is 9.53 Å². The summed E-state index contributed by atoms with van der Waals surface area (Å²) in [6.45, 7) is 1.49. The molecule has 0 aliphatic heterocycles. The van der Waals surface area contributed by atoms with Crippen LogP contribution in [0.5, 0.6) is 5.75 Å². The van der Waals surface area contributed by atoms with Gasteiger partial charge in [-0.05, 0) is 49.3 Å². The van der Waals surface area contributed by atoms with E-state index in [0.29, 0.717) is 12.6 Å². The van der Waals surface area contributed by atoms with Gasteiger partial charge >= 0.3 is 0 Å². The van der Waals surface area contributed by atoms with Crippen LogP contribution in [0, 0.1) is 5.92 Å². The number of amides is 1. The van der Waals surface area contributed by atoms with Crippen molar-refractivity contribution in [2.75, 3.05) is 6.61 Å². The fourth-order valence-electron chi connectivity index (χ4n) is 2.98. The minimum atomic E-state index is 0.102. The van der Waals surface area contributed by atoms with E-state index < -0.39 is 0 Å². The molecule has 126 valence electrons. The zero-order chi connectivity index (χ0) is 16.4. The molecule has 2 aliphatic carbocycles. The number of carbonyl (C=O) groups excluding carboxylic acids is 1. The van der Waals surface area contributed by atoms with Gasteiger partial charge in [-0.25, -0.2) is 0 Å². The second-order valence-electron chi connectivity index (χ2n) is 6.78. The Morgan fingerprint density at radius 3 is 2.58 bits per heavy atom. The fourth-order valence-corrected chi connectivity index (χ4v) is 3.55. The summed E-state index contributed by atoms with van der Waals surface area (Å²) in [6, 6.07) is 8.58. The molecule has 0 N–H and O–H groups in total. The quantitative estimate of drug-likeness (QED) is 0.760. The highest BCUT2D eigenvalue weighted by Crippen LogP contribution is 2.31. The first-order chi connectivity index (χ1) is 11.8. The highest BCUT2D eigenvalue weighted by molar-refractivity contribution is 7.11. The van der Waals surface area contributed by atoms with E-state index in [-0.39, 0.29) is 5.91 Å². The van der Waals surface area contributed by atoms with E-state index >= 15 is 0 Å². The van der Waals surface area contributed by atoms with Gasteiger partial charge < -0.3 is 9.64 Å². The molecule has 0 saturated heterocycles. The lowest BCUT2D eigenvalue weighted by Crippen LogP contribution is -2.32. The normalized spacial score (nSPS) is 17.3. The maximum atomic E-state index is 12.6. The van der Waals surface area contributed by atoms with Crippen LogP contribution in [0.4, 0.5) is 0 Å². The molecule has 1 heterocycles. The zero-order valence-corrected chi connectivity index (χ0v) is 14.5. The first kappa shape index (κ1) is 15.6. The predicted molar refractivity (Wildman–Crippen MR) is 94.3 cm³/mol. The molecule has 0 bridgehead atoms.